The molecule has 0 radical (unpaired) electrons. The molecule has 0 aromatic heterocycles. The van der Waals surface area contributed by atoms with Crippen LogP contribution in [0.4, 0.5) is 0 Å². The molecule has 1 aromatic rings. The summed E-state index contributed by atoms with van der Waals surface area (Å²) < 4.78 is 11.6. The fraction of sp³-hybridized carbons (Fsp3) is 0.562. The number of amides is 1. The highest BCUT2D eigenvalue weighted by atomic mass is 35.5. The molecule has 1 aromatic carbocycles. The number of rotatable bonds is 3. The number of nitrogens with one attached hydrogen (secondary N) is 1. The third kappa shape index (κ3) is 3.84. The lowest BCUT2D eigenvalue weighted by Crippen LogP contribution is -2.46. The summed E-state index contributed by atoms with van der Waals surface area (Å²) in [7, 11) is 1.85. The van der Waals surface area contributed by atoms with Crippen LogP contribution in [0, 0.1) is 5.92 Å². The van der Waals surface area contributed by atoms with Gasteiger partial charge in [-0.1, -0.05) is 12.1 Å². The van der Waals surface area contributed by atoms with Crippen LogP contribution >= 0.6 is 12.4 Å². The molecule has 1 N–H and O–H groups in total. The molecule has 2 heterocycles. The molecular formula is C16H23ClN2O3. The minimum absolute atomic E-state index is 0. The van der Waals surface area contributed by atoms with Gasteiger partial charge in [0.1, 0.15) is 6.61 Å². The minimum atomic E-state index is -0.106. The van der Waals surface area contributed by atoms with Gasteiger partial charge in [0.2, 0.25) is 5.91 Å². The maximum atomic E-state index is 12.4. The molecular weight excluding hydrogens is 304 g/mol. The second-order valence-electron chi connectivity index (χ2n) is 5.76. The first kappa shape index (κ1) is 16.9. The van der Waals surface area contributed by atoms with Crippen LogP contribution in [0.25, 0.3) is 0 Å². The molecule has 0 bridgehead atoms. The van der Waals surface area contributed by atoms with Gasteiger partial charge in [-0.2, -0.15) is 0 Å². The normalized spacial score (nSPS) is 23.3. The summed E-state index contributed by atoms with van der Waals surface area (Å²) in [4.78, 5) is 14.2. The molecule has 1 amide bonds. The first-order chi connectivity index (χ1) is 10.2. The van der Waals surface area contributed by atoms with E-state index in [4.69, 9.17) is 9.47 Å². The van der Waals surface area contributed by atoms with Crippen LogP contribution in [0.15, 0.2) is 24.3 Å². The third-order valence-corrected chi connectivity index (χ3v) is 4.07. The Kier molecular flexibility index (Phi) is 5.91. The Bertz CT molecular complexity index is 506. The maximum Gasteiger partial charge on any atom is 0.226 e. The summed E-state index contributed by atoms with van der Waals surface area (Å²) in [5.41, 5.74) is 0. The number of fused-ring (bicyclic) bond motifs is 1. The zero-order valence-electron chi connectivity index (χ0n) is 12.8. The van der Waals surface area contributed by atoms with E-state index in [1.165, 1.54) is 0 Å². The average molecular weight is 327 g/mol. The van der Waals surface area contributed by atoms with Gasteiger partial charge in [-0.05, 0) is 31.5 Å². The van der Waals surface area contributed by atoms with Gasteiger partial charge in [-0.25, -0.2) is 0 Å². The van der Waals surface area contributed by atoms with Crippen molar-refractivity contribution in [1.29, 1.82) is 0 Å². The number of hydrogen-bond donors (Lipinski definition) is 1. The number of para-hydroxylation sites is 2. The van der Waals surface area contributed by atoms with E-state index in [2.05, 4.69) is 5.32 Å². The Morgan fingerprint density at radius 2 is 2.14 bits per heavy atom. The van der Waals surface area contributed by atoms with Gasteiger partial charge in [-0.15, -0.1) is 12.4 Å². The molecule has 6 heteroatoms. The van der Waals surface area contributed by atoms with E-state index in [-0.39, 0.29) is 30.3 Å². The van der Waals surface area contributed by atoms with Crippen molar-refractivity contribution in [1.82, 2.24) is 10.2 Å². The summed E-state index contributed by atoms with van der Waals surface area (Å²) in [5.74, 6) is 1.83. The van der Waals surface area contributed by atoms with Crippen molar-refractivity contribution in [3.8, 4) is 11.5 Å². The summed E-state index contributed by atoms with van der Waals surface area (Å²) in [6.07, 6.45) is 1.94. The van der Waals surface area contributed by atoms with Crippen LogP contribution in [-0.2, 0) is 4.79 Å². The lowest BCUT2D eigenvalue weighted by atomic mass is 9.98. The minimum Gasteiger partial charge on any atom is -0.486 e. The van der Waals surface area contributed by atoms with Crippen LogP contribution in [0.2, 0.25) is 0 Å². The zero-order chi connectivity index (χ0) is 14.7. The van der Waals surface area contributed by atoms with E-state index < -0.39 is 0 Å². The Balaban J connectivity index is 0.00000176. The van der Waals surface area contributed by atoms with Gasteiger partial charge in [0.05, 0.1) is 12.5 Å². The fourth-order valence-corrected chi connectivity index (χ4v) is 2.92. The number of ether oxygens (including phenoxy) is 2. The molecule has 22 heavy (non-hydrogen) atoms. The van der Waals surface area contributed by atoms with Gasteiger partial charge >= 0.3 is 0 Å². The number of hydrogen-bond acceptors (Lipinski definition) is 4. The molecule has 3 rings (SSSR count). The van der Waals surface area contributed by atoms with Crippen LogP contribution in [0.5, 0.6) is 11.5 Å². The number of halogens is 1. The molecule has 0 spiro atoms. The highest BCUT2D eigenvalue weighted by Crippen LogP contribution is 2.31. The number of nitrogens with zero attached hydrogens (tertiary/aromatic N) is 1. The molecule has 2 aliphatic rings. The van der Waals surface area contributed by atoms with Crippen molar-refractivity contribution in [2.75, 3.05) is 33.3 Å². The monoisotopic (exact) mass is 326 g/mol. The number of piperidine rings is 1. The van der Waals surface area contributed by atoms with Crippen LogP contribution < -0.4 is 14.8 Å². The van der Waals surface area contributed by atoms with Gasteiger partial charge < -0.3 is 19.7 Å². The molecule has 1 fully saturated rings. The van der Waals surface area contributed by atoms with Gasteiger partial charge in [-0.3, -0.25) is 4.79 Å². The van der Waals surface area contributed by atoms with Gasteiger partial charge in [0.15, 0.2) is 17.6 Å². The molecule has 122 valence electrons. The van der Waals surface area contributed by atoms with E-state index in [1.54, 1.807) is 4.90 Å². The van der Waals surface area contributed by atoms with E-state index in [1.807, 2.05) is 31.3 Å². The van der Waals surface area contributed by atoms with Crippen molar-refractivity contribution in [2.45, 2.75) is 18.9 Å². The first-order valence-corrected chi connectivity index (χ1v) is 7.58. The fourth-order valence-electron chi connectivity index (χ4n) is 2.92. The van der Waals surface area contributed by atoms with Crippen LogP contribution in [-0.4, -0.2) is 50.2 Å². The second kappa shape index (κ2) is 7.70. The highest BCUT2D eigenvalue weighted by Gasteiger charge is 2.28. The predicted molar refractivity (Wildman–Crippen MR) is 86.8 cm³/mol. The third-order valence-electron chi connectivity index (χ3n) is 4.07. The molecule has 2 unspecified atom stereocenters. The molecule has 2 aliphatic heterocycles. The number of carbonyl (C=O) groups excluding carboxylic acids is 1. The van der Waals surface area contributed by atoms with Crippen LogP contribution in [0.1, 0.15) is 12.8 Å². The molecule has 1 saturated heterocycles. The van der Waals surface area contributed by atoms with Crippen molar-refractivity contribution in [3.63, 3.8) is 0 Å². The Hall–Kier alpha value is -1.46. The topological polar surface area (TPSA) is 50.8 Å². The van der Waals surface area contributed by atoms with E-state index >= 15 is 0 Å². The lowest BCUT2D eigenvalue weighted by Gasteiger charge is -2.32. The number of benzene rings is 1. The number of likely N-dealkylation sites (N-methyl/N-ethyl adjacent to an activating group) is 1. The van der Waals surface area contributed by atoms with Crippen molar-refractivity contribution in [2.24, 2.45) is 5.92 Å². The highest BCUT2D eigenvalue weighted by molar-refractivity contribution is 5.85. The van der Waals surface area contributed by atoms with Crippen LogP contribution in [0.3, 0.4) is 0 Å². The Labute approximate surface area is 137 Å². The van der Waals surface area contributed by atoms with Crippen molar-refractivity contribution >= 4 is 18.3 Å². The van der Waals surface area contributed by atoms with Crippen molar-refractivity contribution in [3.05, 3.63) is 24.3 Å². The Morgan fingerprint density at radius 3 is 2.86 bits per heavy atom. The van der Waals surface area contributed by atoms with Crippen molar-refractivity contribution < 1.29 is 14.3 Å². The molecule has 2 atom stereocenters. The quantitative estimate of drug-likeness (QED) is 0.918. The Morgan fingerprint density at radius 1 is 1.36 bits per heavy atom. The lowest BCUT2D eigenvalue weighted by molar-refractivity contribution is -0.136. The van der Waals surface area contributed by atoms with Gasteiger partial charge in [0, 0.05) is 13.6 Å². The smallest absolute Gasteiger partial charge is 0.226 e. The maximum absolute atomic E-state index is 12.4. The van der Waals surface area contributed by atoms with E-state index in [9.17, 15) is 4.79 Å². The first-order valence-electron chi connectivity index (χ1n) is 7.58. The summed E-state index contributed by atoms with van der Waals surface area (Å²) in [5, 5.41) is 3.28. The summed E-state index contributed by atoms with van der Waals surface area (Å²) in [6.45, 7) is 2.85. The van der Waals surface area contributed by atoms with Gasteiger partial charge in [0.25, 0.3) is 0 Å². The molecule has 0 saturated carbocycles. The number of carbonyl (C=O) groups is 1. The SMILES string of the molecule is CN(CC1COc2ccccc2O1)C(=O)C1CCCNC1.Cl. The molecule has 5 nitrogen and oxygen atoms in total. The predicted octanol–water partition coefficient (Wildman–Crippen LogP) is 1.71. The van der Waals surface area contributed by atoms with E-state index in [0.29, 0.717) is 13.2 Å². The summed E-state index contributed by atoms with van der Waals surface area (Å²) in [6, 6.07) is 7.64. The second-order valence-corrected chi connectivity index (χ2v) is 5.76. The largest absolute Gasteiger partial charge is 0.486 e. The standard InChI is InChI=1S/C16H22N2O3.ClH/c1-18(16(19)12-5-4-8-17-9-12)10-13-11-20-14-6-2-3-7-15(14)21-13;/h2-3,6-7,12-13,17H,4-5,8-11H2,1H3;1H. The van der Waals surface area contributed by atoms with E-state index in [0.717, 1.165) is 37.4 Å². The summed E-state index contributed by atoms with van der Waals surface area (Å²) >= 11 is 0. The average Bonchev–Trinajstić information content (AvgIpc) is 2.55. The zero-order valence-corrected chi connectivity index (χ0v) is 13.6. The molecule has 0 aliphatic carbocycles.